The summed E-state index contributed by atoms with van der Waals surface area (Å²) >= 11 is 0. The molecule has 148 valence electrons. The summed E-state index contributed by atoms with van der Waals surface area (Å²) < 4.78 is 7.75. The number of rotatable bonds is 3. The Morgan fingerprint density at radius 2 is 2.08 bits per heavy atom. The third-order valence-corrected chi connectivity index (χ3v) is 5.15. The van der Waals surface area contributed by atoms with Gasteiger partial charge in [-0.25, -0.2) is 0 Å². The zero-order valence-corrected chi connectivity index (χ0v) is 18.6. The summed E-state index contributed by atoms with van der Waals surface area (Å²) in [6.45, 7) is 6.60. The average molecular weight is 477 g/mol. The third kappa shape index (κ3) is 5.30. The van der Waals surface area contributed by atoms with Gasteiger partial charge in [0, 0.05) is 64.6 Å². The van der Waals surface area contributed by atoms with Crippen molar-refractivity contribution >= 4 is 29.9 Å². The first-order chi connectivity index (χ1) is 12.1. The summed E-state index contributed by atoms with van der Waals surface area (Å²) in [5, 5.41) is 7.83. The molecule has 0 saturated carbocycles. The predicted octanol–water partition coefficient (Wildman–Crippen LogP) is 0.233. The first-order valence-electron chi connectivity index (χ1n) is 9.01. The Morgan fingerprint density at radius 3 is 2.77 bits per heavy atom. The number of aryl methyl sites for hydroxylation is 1. The molecule has 2 aliphatic rings. The van der Waals surface area contributed by atoms with E-state index in [-0.39, 0.29) is 30.1 Å². The lowest BCUT2D eigenvalue weighted by Gasteiger charge is -2.39. The van der Waals surface area contributed by atoms with Gasteiger partial charge in [0.1, 0.15) is 6.10 Å². The van der Waals surface area contributed by atoms with Gasteiger partial charge in [-0.1, -0.05) is 0 Å². The number of hydrogen-bond donors (Lipinski definition) is 1. The highest BCUT2D eigenvalue weighted by Gasteiger charge is 2.27. The molecule has 1 N–H and O–H groups in total. The third-order valence-electron chi connectivity index (χ3n) is 5.15. The molecule has 0 spiro atoms. The smallest absolute Gasteiger partial charge is 0.193 e. The lowest BCUT2D eigenvalue weighted by molar-refractivity contribution is -0.00821. The van der Waals surface area contributed by atoms with Gasteiger partial charge in [0.2, 0.25) is 0 Å². The molecule has 2 atom stereocenters. The number of guanidine groups is 1. The van der Waals surface area contributed by atoms with Crippen molar-refractivity contribution in [2.45, 2.75) is 12.1 Å². The normalized spacial score (nSPS) is 25.8. The summed E-state index contributed by atoms with van der Waals surface area (Å²) in [6.07, 6.45) is 3.96. The average Bonchev–Trinajstić information content (AvgIpc) is 3.05. The van der Waals surface area contributed by atoms with Crippen LogP contribution in [0.1, 0.15) is 11.7 Å². The highest BCUT2D eigenvalue weighted by Crippen LogP contribution is 2.21. The summed E-state index contributed by atoms with van der Waals surface area (Å²) in [6, 6.07) is 0.505. The first kappa shape index (κ1) is 21.4. The number of likely N-dealkylation sites (N-methyl/N-ethyl adjacent to an activating group) is 2. The van der Waals surface area contributed by atoms with E-state index in [9.17, 15) is 0 Å². The molecule has 2 fully saturated rings. The standard InChI is InChI=1S/C17H31N7O.HI/c1-18-17(19-10-15-12-21(2)5-6-22(15)3)24-7-8-25-16(13-24)14-9-20-23(4)11-14;/h9,11,15-16H,5-8,10,12-13H2,1-4H3,(H,18,19);1H. The van der Waals surface area contributed by atoms with E-state index in [2.05, 4.69) is 44.2 Å². The van der Waals surface area contributed by atoms with E-state index >= 15 is 0 Å². The Hall–Kier alpha value is -0.910. The maximum absolute atomic E-state index is 5.94. The number of ether oxygens (including phenoxy) is 1. The van der Waals surface area contributed by atoms with Crippen LogP contribution in [0.25, 0.3) is 0 Å². The van der Waals surface area contributed by atoms with Gasteiger partial charge in [-0.3, -0.25) is 14.6 Å². The van der Waals surface area contributed by atoms with E-state index in [0.29, 0.717) is 12.6 Å². The number of aromatic nitrogens is 2. The molecule has 3 rings (SSSR count). The second kappa shape index (κ2) is 9.86. The van der Waals surface area contributed by atoms with Crippen LogP contribution in [0.2, 0.25) is 0 Å². The minimum Gasteiger partial charge on any atom is -0.370 e. The van der Waals surface area contributed by atoms with Gasteiger partial charge in [-0.05, 0) is 14.1 Å². The Kier molecular flexibility index (Phi) is 8.11. The van der Waals surface area contributed by atoms with E-state index in [1.165, 1.54) is 0 Å². The van der Waals surface area contributed by atoms with Crippen LogP contribution in [0.5, 0.6) is 0 Å². The van der Waals surface area contributed by atoms with Crippen LogP contribution in [0.4, 0.5) is 0 Å². The SMILES string of the molecule is CN=C(NCC1CN(C)CCN1C)N1CCOC(c2cnn(C)c2)C1.I. The zero-order valence-electron chi connectivity index (χ0n) is 16.3. The zero-order chi connectivity index (χ0) is 17.8. The van der Waals surface area contributed by atoms with Crippen LogP contribution >= 0.6 is 24.0 Å². The number of halogens is 1. The molecule has 3 heterocycles. The second-order valence-electron chi connectivity index (χ2n) is 7.08. The molecule has 0 aromatic carbocycles. The van der Waals surface area contributed by atoms with Crippen molar-refractivity contribution in [3.05, 3.63) is 18.0 Å². The minimum atomic E-state index is 0. The molecule has 1 aromatic rings. The monoisotopic (exact) mass is 477 g/mol. The molecule has 0 bridgehead atoms. The molecular weight excluding hydrogens is 445 g/mol. The molecule has 26 heavy (non-hydrogen) atoms. The van der Waals surface area contributed by atoms with Gasteiger partial charge < -0.3 is 19.9 Å². The highest BCUT2D eigenvalue weighted by molar-refractivity contribution is 14.0. The van der Waals surface area contributed by atoms with E-state index in [1.807, 2.05) is 31.2 Å². The van der Waals surface area contributed by atoms with E-state index in [4.69, 9.17) is 4.74 Å². The summed E-state index contributed by atoms with van der Waals surface area (Å²) in [5.74, 6) is 0.957. The molecule has 2 aliphatic heterocycles. The van der Waals surface area contributed by atoms with Crippen molar-refractivity contribution < 1.29 is 4.74 Å². The molecule has 8 nitrogen and oxygen atoms in total. The fourth-order valence-corrected chi connectivity index (χ4v) is 3.51. The molecular formula is C17H32IN7O. The van der Waals surface area contributed by atoms with Crippen molar-refractivity contribution in [2.24, 2.45) is 12.0 Å². The molecule has 0 radical (unpaired) electrons. The Balaban J connectivity index is 0.00000243. The number of aliphatic imine (C=N–C) groups is 1. The lowest BCUT2D eigenvalue weighted by Crippen LogP contribution is -2.56. The van der Waals surface area contributed by atoms with Crippen molar-refractivity contribution in [1.82, 2.24) is 29.8 Å². The van der Waals surface area contributed by atoms with Gasteiger partial charge in [0.25, 0.3) is 0 Å². The van der Waals surface area contributed by atoms with Crippen molar-refractivity contribution in [3.63, 3.8) is 0 Å². The van der Waals surface area contributed by atoms with Crippen molar-refractivity contribution in [2.75, 3.05) is 67.0 Å². The van der Waals surface area contributed by atoms with E-state index in [1.54, 1.807) is 0 Å². The van der Waals surface area contributed by atoms with Crippen LogP contribution in [-0.4, -0.2) is 104 Å². The molecule has 1 aromatic heterocycles. The summed E-state index contributed by atoms with van der Waals surface area (Å²) in [7, 11) is 8.18. The van der Waals surface area contributed by atoms with Crippen LogP contribution in [0, 0.1) is 0 Å². The largest absolute Gasteiger partial charge is 0.370 e. The Bertz CT molecular complexity index is 593. The predicted molar refractivity (Wildman–Crippen MR) is 114 cm³/mol. The number of morpholine rings is 1. The van der Waals surface area contributed by atoms with E-state index in [0.717, 1.165) is 50.8 Å². The molecule has 9 heteroatoms. The molecule has 2 unspecified atom stereocenters. The fraction of sp³-hybridized carbons (Fsp3) is 0.765. The number of nitrogens with one attached hydrogen (secondary N) is 1. The quantitative estimate of drug-likeness (QED) is 0.382. The van der Waals surface area contributed by atoms with Crippen molar-refractivity contribution in [1.29, 1.82) is 0 Å². The van der Waals surface area contributed by atoms with Gasteiger partial charge in [0.05, 0.1) is 19.3 Å². The maximum atomic E-state index is 5.94. The van der Waals surface area contributed by atoms with Crippen LogP contribution < -0.4 is 5.32 Å². The lowest BCUT2D eigenvalue weighted by atomic mass is 10.1. The topological polar surface area (TPSA) is 61.2 Å². The van der Waals surface area contributed by atoms with Crippen molar-refractivity contribution in [3.8, 4) is 0 Å². The second-order valence-corrected chi connectivity index (χ2v) is 7.08. The molecule has 0 amide bonds. The number of nitrogens with zero attached hydrogens (tertiary/aromatic N) is 6. The summed E-state index contributed by atoms with van der Waals surface area (Å²) in [4.78, 5) is 11.6. The van der Waals surface area contributed by atoms with Gasteiger partial charge in [-0.2, -0.15) is 5.10 Å². The molecule has 0 aliphatic carbocycles. The minimum absolute atomic E-state index is 0. The fourth-order valence-electron chi connectivity index (χ4n) is 3.51. The highest BCUT2D eigenvalue weighted by atomic mass is 127. The first-order valence-corrected chi connectivity index (χ1v) is 9.01. The van der Waals surface area contributed by atoms with Crippen LogP contribution in [-0.2, 0) is 11.8 Å². The number of hydrogen-bond acceptors (Lipinski definition) is 5. The van der Waals surface area contributed by atoms with Gasteiger partial charge in [-0.15, -0.1) is 24.0 Å². The van der Waals surface area contributed by atoms with Gasteiger partial charge >= 0.3 is 0 Å². The number of piperazine rings is 1. The van der Waals surface area contributed by atoms with Gasteiger partial charge in [0.15, 0.2) is 5.96 Å². The molecule has 2 saturated heterocycles. The van der Waals surface area contributed by atoms with Crippen LogP contribution in [0.3, 0.4) is 0 Å². The maximum Gasteiger partial charge on any atom is 0.193 e. The van der Waals surface area contributed by atoms with E-state index < -0.39 is 0 Å². The Labute approximate surface area is 173 Å². The Morgan fingerprint density at radius 1 is 1.27 bits per heavy atom. The summed E-state index contributed by atoms with van der Waals surface area (Å²) in [5.41, 5.74) is 1.12. The van der Waals surface area contributed by atoms with Crippen LogP contribution in [0.15, 0.2) is 17.4 Å².